The van der Waals surface area contributed by atoms with Crippen LogP contribution < -0.4 is 15.4 Å². The van der Waals surface area contributed by atoms with E-state index < -0.39 is 10.0 Å². The Hall–Kier alpha value is -1.11. The number of nitrogens with two attached hydrogens (primary N) is 1. The number of hydrogen-bond acceptors (Lipinski definition) is 4. The van der Waals surface area contributed by atoms with Crippen molar-refractivity contribution in [2.75, 3.05) is 18.0 Å². The smallest absolute Gasteiger partial charge is 0.240 e. The molecule has 1 aliphatic carbocycles. The normalized spacial score (nSPS) is 15.4. The molecule has 0 aromatic heterocycles. The van der Waals surface area contributed by atoms with Crippen LogP contribution in [0.4, 0.5) is 5.69 Å². The van der Waals surface area contributed by atoms with Crippen molar-refractivity contribution in [1.29, 1.82) is 0 Å². The minimum Gasteiger partial charge on any atom is -0.369 e. The minimum atomic E-state index is -3.37. The van der Waals surface area contributed by atoms with Gasteiger partial charge < -0.3 is 10.6 Å². The Morgan fingerprint density at radius 2 is 1.90 bits per heavy atom. The molecule has 1 aromatic rings. The molecule has 6 heteroatoms. The van der Waals surface area contributed by atoms with Crippen LogP contribution in [-0.4, -0.2) is 33.6 Å². The van der Waals surface area contributed by atoms with Gasteiger partial charge in [-0.05, 0) is 63.9 Å². The molecule has 0 aliphatic heterocycles. The molecule has 0 amide bonds. The summed E-state index contributed by atoms with van der Waals surface area (Å²) in [5, 5.41) is 0. The molecule has 0 heterocycles. The lowest BCUT2D eigenvalue weighted by molar-refractivity contribution is 0.581. The van der Waals surface area contributed by atoms with Gasteiger partial charge in [0.2, 0.25) is 10.0 Å². The van der Waals surface area contributed by atoms with Crippen LogP contribution in [0.15, 0.2) is 29.2 Å². The molecule has 1 aliphatic rings. The van der Waals surface area contributed by atoms with E-state index in [1.807, 2.05) is 12.1 Å². The summed E-state index contributed by atoms with van der Waals surface area (Å²) in [4.78, 5) is 2.57. The number of benzene rings is 1. The molecule has 0 spiro atoms. The first-order valence-electron chi connectivity index (χ1n) is 7.53. The van der Waals surface area contributed by atoms with Crippen molar-refractivity contribution in [2.24, 2.45) is 5.73 Å². The van der Waals surface area contributed by atoms with Crippen molar-refractivity contribution in [3.63, 3.8) is 0 Å². The summed E-state index contributed by atoms with van der Waals surface area (Å²) >= 11 is 0. The van der Waals surface area contributed by atoms with Gasteiger partial charge in [-0.15, -0.1) is 0 Å². The molecular formula is C15H25N3O2S. The van der Waals surface area contributed by atoms with Gasteiger partial charge in [0.05, 0.1) is 4.90 Å². The Morgan fingerprint density at radius 1 is 1.29 bits per heavy atom. The lowest BCUT2D eigenvalue weighted by Gasteiger charge is -2.29. The summed E-state index contributed by atoms with van der Waals surface area (Å²) in [5.74, 6) is 0. The maximum Gasteiger partial charge on any atom is 0.240 e. The maximum atomic E-state index is 12.1. The van der Waals surface area contributed by atoms with E-state index in [0.717, 1.165) is 31.5 Å². The number of anilines is 1. The largest absolute Gasteiger partial charge is 0.369 e. The van der Waals surface area contributed by atoms with E-state index >= 15 is 0 Å². The highest BCUT2D eigenvalue weighted by atomic mass is 32.2. The van der Waals surface area contributed by atoms with Gasteiger partial charge in [0.25, 0.3) is 0 Å². The fourth-order valence-electron chi connectivity index (χ4n) is 2.25. The van der Waals surface area contributed by atoms with Crippen LogP contribution >= 0.6 is 0 Å². The van der Waals surface area contributed by atoms with Gasteiger partial charge in [0.1, 0.15) is 0 Å². The summed E-state index contributed by atoms with van der Waals surface area (Å²) in [5.41, 5.74) is 6.61. The minimum absolute atomic E-state index is 0.131. The summed E-state index contributed by atoms with van der Waals surface area (Å²) in [7, 11) is -3.37. The standard InChI is InChI=1S/C15H25N3O2S/c1-12(2)18(11-3-10-16)14-6-8-15(9-7-14)21(19,20)17-13-4-5-13/h6-9,12-13,17H,3-5,10-11,16H2,1-2H3. The van der Waals surface area contributed by atoms with E-state index in [0.29, 0.717) is 17.5 Å². The van der Waals surface area contributed by atoms with E-state index in [-0.39, 0.29) is 6.04 Å². The van der Waals surface area contributed by atoms with Crippen molar-refractivity contribution < 1.29 is 8.42 Å². The van der Waals surface area contributed by atoms with Crippen molar-refractivity contribution in [2.45, 2.75) is 50.1 Å². The van der Waals surface area contributed by atoms with Gasteiger partial charge in [0, 0.05) is 24.3 Å². The molecule has 118 valence electrons. The molecule has 0 bridgehead atoms. The van der Waals surface area contributed by atoms with E-state index in [2.05, 4.69) is 23.5 Å². The molecule has 2 rings (SSSR count). The zero-order valence-electron chi connectivity index (χ0n) is 12.7. The van der Waals surface area contributed by atoms with Gasteiger partial charge in [-0.2, -0.15) is 0 Å². The zero-order chi connectivity index (χ0) is 15.5. The van der Waals surface area contributed by atoms with Crippen LogP contribution in [0.3, 0.4) is 0 Å². The Labute approximate surface area is 127 Å². The van der Waals surface area contributed by atoms with Crippen LogP contribution in [0.1, 0.15) is 33.1 Å². The maximum absolute atomic E-state index is 12.1. The van der Waals surface area contributed by atoms with Crippen LogP contribution in [0.2, 0.25) is 0 Å². The number of hydrogen-bond donors (Lipinski definition) is 2. The quantitative estimate of drug-likeness (QED) is 0.766. The highest BCUT2D eigenvalue weighted by Gasteiger charge is 2.27. The van der Waals surface area contributed by atoms with Crippen LogP contribution in [-0.2, 0) is 10.0 Å². The summed E-state index contributed by atoms with van der Waals surface area (Å²) in [6.45, 7) is 5.77. The number of nitrogens with one attached hydrogen (secondary N) is 1. The van der Waals surface area contributed by atoms with Crippen molar-refractivity contribution in [3.8, 4) is 0 Å². The predicted octanol–water partition coefficient (Wildman–Crippen LogP) is 1.69. The second kappa shape index (κ2) is 6.77. The molecule has 5 nitrogen and oxygen atoms in total. The first kappa shape index (κ1) is 16.3. The molecule has 0 radical (unpaired) electrons. The topological polar surface area (TPSA) is 75.4 Å². The lowest BCUT2D eigenvalue weighted by Crippen LogP contribution is -2.32. The van der Waals surface area contributed by atoms with Crippen LogP contribution in [0, 0.1) is 0 Å². The molecule has 3 N–H and O–H groups in total. The van der Waals surface area contributed by atoms with E-state index in [1.165, 1.54) is 0 Å². The van der Waals surface area contributed by atoms with Gasteiger partial charge >= 0.3 is 0 Å². The third-order valence-corrected chi connectivity index (χ3v) is 5.14. The highest BCUT2D eigenvalue weighted by Crippen LogP contribution is 2.24. The highest BCUT2D eigenvalue weighted by molar-refractivity contribution is 7.89. The zero-order valence-corrected chi connectivity index (χ0v) is 13.6. The number of rotatable bonds is 8. The third-order valence-electron chi connectivity index (χ3n) is 3.60. The van der Waals surface area contributed by atoms with E-state index in [4.69, 9.17) is 5.73 Å². The number of nitrogens with zero attached hydrogens (tertiary/aromatic N) is 1. The average Bonchev–Trinajstić information content (AvgIpc) is 3.22. The predicted molar refractivity (Wildman–Crippen MR) is 85.9 cm³/mol. The second-order valence-electron chi connectivity index (χ2n) is 5.82. The number of sulfonamides is 1. The van der Waals surface area contributed by atoms with Gasteiger partial charge in [0.15, 0.2) is 0 Å². The fraction of sp³-hybridized carbons (Fsp3) is 0.600. The Balaban J connectivity index is 2.12. The monoisotopic (exact) mass is 311 g/mol. The summed E-state index contributed by atoms with van der Waals surface area (Å²) in [6.07, 6.45) is 2.80. The average molecular weight is 311 g/mol. The summed E-state index contributed by atoms with van der Waals surface area (Å²) in [6, 6.07) is 7.58. The second-order valence-corrected chi connectivity index (χ2v) is 7.53. The van der Waals surface area contributed by atoms with Crippen LogP contribution in [0.5, 0.6) is 0 Å². The molecule has 21 heavy (non-hydrogen) atoms. The van der Waals surface area contributed by atoms with Gasteiger partial charge in [-0.3, -0.25) is 0 Å². The Kier molecular flexibility index (Phi) is 5.24. The SMILES string of the molecule is CC(C)N(CCCN)c1ccc(S(=O)(=O)NC2CC2)cc1. The van der Waals surface area contributed by atoms with Crippen molar-refractivity contribution in [1.82, 2.24) is 4.72 Å². The first-order chi connectivity index (χ1) is 9.94. The lowest BCUT2D eigenvalue weighted by atomic mass is 10.2. The van der Waals surface area contributed by atoms with Gasteiger partial charge in [-0.25, -0.2) is 13.1 Å². The Morgan fingerprint density at radius 3 is 2.38 bits per heavy atom. The fourth-order valence-corrected chi connectivity index (χ4v) is 3.56. The molecular weight excluding hydrogens is 286 g/mol. The molecule has 1 fully saturated rings. The van der Waals surface area contributed by atoms with Crippen molar-refractivity contribution >= 4 is 15.7 Å². The molecule has 1 saturated carbocycles. The van der Waals surface area contributed by atoms with E-state index in [1.54, 1.807) is 12.1 Å². The molecule has 0 saturated heterocycles. The molecule has 1 aromatic carbocycles. The van der Waals surface area contributed by atoms with Gasteiger partial charge in [-0.1, -0.05) is 0 Å². The Bertz CT molecular complexity index is 551. The summed E-state index contributed by atoms with van der Waals surface area (Å²) < 4.78 is 27.0. The van der Waals surface area contributed by atoms with Crippen LogP contribution in [0.25, 0.3) is 0 Å². The van der Waals surface area contributed by atoms with Crippen molar-refractivity contribution in [3.05, 3.63) is 24.3 Å². The van der Waals surface area contributed by atoms with E-state index in [9.17, 15) is 8.42 Å². The molecule has 0 unspecified atom stereocenters. The molecule has 0 atom stereocenters. The first-order valence-corrected chi connectivity index (χ1v) is 9.01. The third kappa shape index (κ3) is 4.43.